The van der Waals surface area contributed by atoms with Crippen LogP contribution < -0.4 is 0 Å². The Morgan fingerprint density at radius 3 is 2.66 bits per heavy atom. The van der Waals surface area contributed by atoms with Gasteiger partial charge in [0, 0.05) is 19.1 Å². The van der Waals surface area contributed by atoms with Gasteiger partial charge in [-0.3, -0.25) is 15.6 Å². The molecule has 1 amide bonds. The minimum Gasteiger partial charge on any atom is -0.360 e. The maximum absolute atomic E-state index is 13.6. The Labute approximate surface area is 185 Å². The zero-order valence-corrected chi connectivity index (χ0v) is 17.8. The number of hydrogen-bond acceptors (Lipinski definition) is 5. The number of likely N-dealkylation sites (tertiary alicyclic amines) is 1. The summed E-state index contributed by atoms with van der Waals surface area (Å²) in [5.41, 5.74) is -0.391. The highest BCUT2D eigenvalue weighted by atomic mass is 19.2. The molecule has 3 fully saturated rings. The monoisotopic (exact) mass is 441 g/mol. The lowest BCUT2D eigenvalue weighted by Crippen LogP contribution is -2.58. The number of amidine groups is 1. The number of amides is 1. The predicted molar refractivity (Wildman–Crippen MR) is 113 cm³/mol. The molecule has 2 aliphatic heterocycles. The first-order valence-electron chi connectivity index (χ1n) is 10.6. The van der Waals surface area contributed by atoms with Crippen LogP contribution >= 0.6 is 0 Å². The molecule has 0 aromatic heterocycles. The third-order valence-electron chi connectivity index (χ3n) is 6.67. The fourth-order valence-electron chi connectivity index (χ4n) is 4.80. The van der Waals surface area contributed by atoms with Crippen molar-refractivity contribution in [3.8, 4) is 6.07 Å². The Morgan fingerprint density at radius 1 is 1.28 bits per heavy atom. The van der Waals surface area contributed by atoms with E-state index in [0.29, 0.717) is 37.4 Å². The van der Waals surface area contributed by atoms with E-state index in [1.807, 2.05) is 4.90 Å². The van der Waals surface area contributed by atoms with Gasteiger partial charge < -0.3 is 14.5 Å². The number of nitrogens with one attached hydrogen (secondary N) is 2. The molecule has 1 aromatic rings. The van der Waals surface area contributed by atoms with E-state index in [2.05, 4.69) is 6.92 Å². The Morgan fingerprint density at radius 2 is 2.03 bits per heavy atom. The van der Waals surface area contributed by atoms with Crippen LogP contribution in [-0.4, -0.2) is 59.0 Å². The smallest absolute Gasteiger partial charge is 0.248 e. The number of rotatable bonds is 6. The number of carbonyl (C=O) groups is 1. The highest BCUT2D eigenvalue weighted by Crippen LogP contribution is 2.49. The highest BCUT2D eigenvalue weighted by Gasteiger charge is 2.48. The van der Waals surface area contributed by atoms with Crippen LogP contribution in [0.3, 0.4) is 0 Å². The van der Waals surface area contributed by atoms with Crippen molar-refractivity contribution < 1.29 is 18.3 Å². The quantitative estimate of drug-likeness (QED) is 0.523. The Kier molecular flexibility index (Phi) is 5.82. The number of carbonyl (C=O) groups excluding carboxylic acids is 1. The third kappa shape index (κ3) is 4.15. The normalized spacial score (nSPS) is 25.6. The minimum absolute atomic E-state index is 0.0119. The molecule has 2 N–H and O–H groups in total. The zero-order valence-electron chi connectivity index (χ0n) is 17.8. The summed E-state index contributed by atoms with van der Waals surface area (Å²) in [6.45, 7) is 2.89. The molecule has 7 nitrogen and oxygen atoms in total. The molecule has 168 valence electrons. The fraction of sp³-hybridized carbons (Fsp3) is 0.478. The van der Waals surface area contributed by atoms with Crippen LogP contribution in [0.4, 0.5) is 8.78 Å². The van der Waals surface area contributed by atoms with Gasteiger partial charge in [-0.1, -0.05) is 13.0 Å². The highest BCUT2D eigenvalue weighted by molar-refractivity contribution is 6.08. The fourth-order valence-corrected chi connectivity index (χ4v) is 4.80. The van der Waals surface area contributed by atoms with Gasteiger partial charge in [-0.25, -0.2) is 8.78 Å². The van der Waals surface area contributed by atoms with E-state index in [4.69, 9.17) is 20.8 Å². The number of nitrogens with zero attached hydrogens (tertiary/aromatic N) is 3. The summed E-state index contributed by atoms with van der Waals surface area (Å²) in [5, 5.41) is 24.5. The number of ether oxygens (including phenoxy) is 1. The maximum Gasteiger partial charge on any atom is 0.248 e. The van der Waals surface area contributed by atoms with Crippen molar-refractivity contribution >= 4 is 17.5 Å². The van der Waals surface area contributed by atoms with Gasteiger partial charge in [-0.05, 0) is 55.0 Å². The van der Waals surface area contributed by atoms with Gasteiger partial charge in [0.05, 0.1) is 11.6 Å². The first-order chi connectivity index (χ1) is 15.2. The summed E-state index contributed by atoms with van der Waals surface area (Å²) in [5.74, 6) is -1.46. The van der Waals surface area contributed by atoms with Gasteiger partial charge in [-0.2, -0.15) is 5.26 Å². The number of allylic oxidation sites excluding steroid dienone is 1. The summed E-state index contributed by atoms with van der Waals surface area (Å²) in [6.07, 6.45) is 4.93. The largest absolute Gasteiger partial charge is 0.360 e. The lowest BCUT2D eigenvalue weighted by Gasteiger charge is -2.42. The molecule has 4 rings (SSSR count). The average Bonchev–Trinajstić information content (AvgIpc) is 3.54. The predicted octanol–water partition coefficient (Wildman–Crippen LogP) is 2.97. The Hall–Kier alpha value is -3.12. The molecule has 1 aromatic carbocycles. The van der Waals surface area contributed by atoms with Crippen molar-refractivity contribution in [2.75, 3.05) is 19.7 Å². The molecule has 2 unspecified atom stereocenters. The van der Waals surface area contributed by atoms with Crippen molar-refractivity contribution in [1.29, 1.82) is 16.1 Å². The van der Waals surface area contributed by atoms with E-state index in [-0.39, 0.29) is 36.1 Å². The molecule has 0 spiro atoms. The van der Waals surface area contributed by atoms with E-state index in [9.17, 15) is 13.6 Å². The van der Waals surface area contributed by atoms with Gasteiger partial charge in [0.2, 0.25) is 5.91 Å². The second-order valence-corrected chi connectivity index (χ2v) is 8.80. The Bertz CT molecular complexity index is 1030. The van der Waals surface area contributed by atoms with Crippen molar-refractivity contribution in [1.82, 2.24) is 9.80 Å². The number of benzene rings is 1. The lowest BCUT2D eigenvalue weighted by molar-refractivity contribution is -0.142. The lowest BCUT2D eigenvalue weighted by atomic mass is 10.0. The summed E-state index contributed by atoms with van der Waals surface area (Å²) < 4.78 is 32.8. The van der Waals surface area contributed by atoms with Gasteiger partial charge in [0.1, 0.15) is 24.2 Å². The molecule has 2 heterocycles. The second-order valence-electron chi connectivity index (χ2n) is 8.80. The van der Waals surface area contributed by atoms with E-state index in [1.165, 1.54) is 18.2 Å². The number of piperazine rings is 1. The molecular formula is C23H25F2N5O2. The van der Waals surface area contributed by atoms with Gasteiger partial charge in [0.25, 0.3) is 0 Å². The SMILES string of the molecule is C[C@H]1CC2CN(C(=O)COC3(c4ccc(F)c(F)c4)CC3)CC1N2C(=N)/C=C\C(=N)C#N. The summed E-state index contributed by atoms with van der Waals surface area (Å²) in [7, 11) is 0. The van der Waals surface area contributed by atoms with Crippen molar-refractivity contribution in [3.63, 3.8) is 0 Å². The van der Waals surface area contributed by atoms with Crippen LogP contribution in [0.2, 0.25) is 0 Å². The number of nitriles is 1. The Balaban J connectivity index is 1.38. The van der Waals surface area contributed by atoms with Crippen molar-refractivity contribution in [2.45, 2.75) is 43.9 Å². The maximum atomic E-state index is 13.6. The van der Waals surface area contributed by atoms with Gasteiger partial charge in [-0.15, -0.1) is 0 Å². The van der Waals surface area contributed by atoms with Crippen LogP contribution in [0.1, 0.15) is 31.7 Å². The summed E-state index contributed by atoms with van der Waals surface area (Å²) in [4.78, 5) is 16.6. The standard InChI is InChI=1S/C23H25F2N5O2/c1-14-8-17-11-29(12-20(14)30(17)21(28)5-3-16(27)10-26)22(31)13-32-23(6-7-23)15-2-4-18(24)19(25)9-15/h2-5,9,14,17,20,27-28H,6-8,11-13H2,1H3/b5-3-,27-16?,28-21?/t14-,17?,20?/m0/s1. The van der Waals surface area contributed by atoms with Crippen LogP contribution in [0.15, 0.2) is 30.4 Å². The van der Waals surface area contributed by atoms with Crippen molar-refractivity contribution in [3.05, 3.63) is 47.5 Å². The van der Waals surface area contributed by atoms with Gasteiger partial charge in [0.15, 0.2) is 11.6 Å². The first-order valence-corrected chi connectivity index (χ1v) is 10.6. The van der Waals surface area contributed by atoms with Crippen LogP contribution in [0, 0.1) is 39.7 Å². The summed E-state index contributed by atoms with van der Waals surface area (Å²) >= 11 is 0. The average molecular weight is 441 g/mol. The zero-order chi connectivity index (χ0) is 23.0. The number of fused-ring (bicyclic) bond motifs is 2. The molecule has 1 aliphatic carbocycles. The minimum atomic E-state index is -0.924. The number of hydrogen-bond donors (Lipinski definition) is 2. The number of halogens is 2. The van der Waals surface area contributed by atoms with Crippen molar-refractivity contribution in [2.24, 2.45) is 5.92 Å². The van der Waals surface area contributed by atoms with E-state index >= 15 is 0 Å². The molecule has 3 atom stereocenters. The molecule has 9 heteroatoms. The molecular weight excluding hydrogens is 416 g/mol. The van der Waals surface area contributed by atoms with Crippen LogP contribution in [-0.2, 0) is 15.1 Å². The molecule has 2 bridgehead atoms. The van der Waals surface area contributed by atoms with E-state index in [0.717, 1.165) is 18.6 Å². The molecule has 1 saturated carbocycles. The molecule has 3 aliphatic rings. The van der Waals surface area contributed by atoms with Crippen LogP contribution in [0.5, 0.6) is 0 Å². The third-order valence-corrected chi connectivity index (χ3v) is 6.67. The van der Waals surface area contributed by atoms with Crippen LogP contribution in [0.25, 0.3) is 0 Å². The van der Waals surface area contributed by atoms with E-state index in [1.54, 1.807) is 11.0 Å². The van der Waals surface area contributed by atoms with Gasteiger partial charge >= 0.3 is 0 Å². The van der Waals surface area contributed by atoms with E-state index < -0.39 is 17.2 Å². The molecule has 32 heavy (non-hydrogen) atoms. The summed E-state index contributed by atoms with van der Waals surface area (Å²) in [6, 6.07) is 5.40. The topological polar surface area (TPSA) is 104 Å². The molecule has 2 saturated heterocycles. The molecule has 0 radical (unpaired) electrons. The first kappa shape index (κ1) is 22.1. The second kappa shape index (κ2) is 8.43.